The summed E-state index contributed by atoms with van der Waals surface area (Å²) in [5.74, 6) is 0. The van der Waals surface area contributed by atoms with Gasteiger partial charge in [-0.05, 0) is 42.0 Å². The largest absolute Gasteiger partial charge is 0.390 e. The number of hydrogen-bond donors (Lipinski definition) is 1. The van der Waals surface area contributed by atoms with Gasteiger partial charge in [0.05, 0.1) is 25.0 Å². The molecule has 104 valence electrons. The van der Waals surface area contributed by atoms with E-state index in [2.05, 4.69) is 17.1 Å². The van der Waals surface area contributed by atoms with Crippen molar-refractivity contribution in [3.8, 4) is 0 Å². The van der Waals surface area contributed by atoms with Crippen molar-refractivity contribution >= 4 is 0 Å². The van der Waals surface area contributed by atoms with Crippen molar-refractivity contribution in [1.29, 1.82) is 0 Å². The predicted molar refractivity (Wildman–Crippen MR) is 77.2 cm³/mol. The summed E-state index contributed by atoms with van der Waals surface area (Å²) in [6, 6.07) is 12.3. The van der Waals surface area contributed by atoms with Gasteiger partial charge in [0.15, 0.2) is 0 Å². The molecule has 0 amide bonds. The summed E-state index contributed by atoms with van der Waals surface area (Å²) in [4.78, 5) is 4.24. The molecule has 0 spiro atoms. The molecule has 1 heterocycles. The number of pyridine rings is 1. The number of hydrogen-bond acceptors (Lipinski definition) is 3. The van der Waals surface area contributed by atoms with E-state index in [-0.39, 0.29) is 12.7 Å². The van der Waals surface area contributed by atoms with E-state index in [1.54, 1.807) is 6.20 Å². The average molecular weight is 269 g/mol. The maximum atomic E-state index is 9.32. The summed E-state index contributed by atoms with van der Waals surface area (Å²) in [5, 5.41) is 9.32. The lowest BCUT2D eigenvalue weighted by Crippen LogP contribution is -2.23. The molecule has 1 aromatic carbocycles. The molecule has 0 fully saturated rings. The third-order valence-electron chi connectivity index (χ3n) is 3.88. The third kappa shape index (κ3) is 2.89. The van der Waals surface area contributed by atoms with Crippen LogP contribution in [0.2, 0.25) is 0 Å². The fourth-order valence-electron chi connectivity index (χ4n) is 2.80. The Morgan fingerprint density at radius 1 is 1.20 bits per heavy atom. The van der Waals surface area contributed by atoms with Crippen LogP contribution in [0, 0.1) is 0 Å². The normalized spacial score (nSPS) is 17.8. The molecule has 0 unspecified atom stereocenters. The first kappa shape index (κ1) is 13.3. The number of benzene rings is 1. The third-order valence-corrected chi connectivity index (χ3v) is 3.88. The second-order valence-electron chi connectivity index (χ2n) is 5.21. The van der Waals surface area contributed by atoms with Crippen molar-refractivity contribution in [3.63, 3.8) is 0 Å². The fraction of sp³-hybridized carbons (Fsp3) is 0.353. The van der Waals surface area contributed by atoms with E-state index in [0.717, 1.165) is 25.0 Å². The van der Waals surface area contributed by atoms with E-state index >= 15 is 0 Å². The Bertz CT molecular complexity index is 568. The Morgan fingerprint density at radius 3 is 2.85 bits per heavy atom. The monoisotopic (exact) mass is 269 g/mol. The number of rotatable bonds is 4. The highest BCUT2D eigenvalue weighted by Crippen LogP contribution is 2.25. The van der Waals surface area contributed by atoms with Gasteiger partial charge in [-0.2, -0.15) is 0 Å². The molecule has 1 atom stereocenters. The van der Waals surface area contributed by atoms with Gasteiger partial charge < -0.3 is 9.84 Å². The molecule has 0 saturated carbocycles. The molecule has 3 heteroatoms. The number of aromatic nitrogens is 1. The number of fused-ring (bicyclic) bond motifs is 1. The Kier molecular flexibility index (Phi) is 4.09. The zero-order chi connectivity index (χ0) is 13.8. The quantitative estimate of drug-likeness (QED) is 0.928. The molecular weight excluding hydrogens is 250 g/mol. The van der Waals surface area contributed by atoms with Gasteiger partial charge >= 0.3 is 0 Å². The van der Waals surface area contributed by atoms with Crippen LogP contribution in [0.3, 0.4) is 0 Å². The topological polar surface area (TPSA) is 42.4 Å². The fourth-order valence-corrected chi connectivity index (χ4v) is 2.80. The van der Waals surface area contributed by atoms with Crippen LogP contribution in [0.4, 0.5) is 0 Å². The number of aliphatic hydroxyl groups excluding tert-OH is 1. The summed E-state index contributed by atoms with van der Waals surface area (Å²) in [7, 11) is 0. The maximum absolute atomic E-state index is 9.32. The van der Waals surface area contributed by atoms with E-state index in [1.807, 2.05) is 24.3 Å². The lowest BCUT2D eigenvalue weighted by molar-refractivity contribution is 0.0317. The van der Waals surface area contributed by atoms with Gasteiger partial charge in [-0.25, -0.2) is 0 Å². The van der Waals surface area contributed by atoms with Gasteiger partial charge in [-0.15, -0.1) is 0 Å². The highest BCUT2D eigenvalue weighted by molar-refractivity contribution is 5.32. The molecule has 1 N–H and O–H groups in total. The molecule has 2 aromatic rings. The van der Waals surface area contributed by atoms with E-state index in [1.165, 1.54) is 16.7 Å². The predicted octanol–water partition coefficient (Wildman–Crippen LogP) is 2.65. The molecule has 0 aliphatic heterocycles. The van der Waals surface area contributed by atoms with Crippen molar-refractivity contribution in [2.45, 2.75) is 38.6 Å². The summed E-state index contributed by atoms with van der Waals surface area (Å²) in [5.41, 5.74) is 4.52. The van der Waals surface area contributed by atoms with Crippen LogP contribution in [0.1, 0.15) is 28.8 Å². The molecule has 20 heavy (non-hydrogen) atoms. The van der Waals surface area contributed by atoms with Crippen molar-refractivity contribution in [1.82, 2.24) is 4.98 Å². The molecule has 0 radical (unpaired) electrons. The van der Waals surface area contributed by atoms with Crippen molar-refractivity contribution < 1.29 is 9.84 Å². The van der Waals surface area contributed by atoms with Crippen molar-refractivity contribution in [2.24, 2.45) is 0 Å². The second kappa shape index (κ2) is 6.16. The zero-order valence-corrected chi connectivity index (χ0v) is 11.5. The standard InChI is InChI=1S/C17H19NO2/c19-11-17-16-7-6-15(10-14(16)8-9-18-17)20-12-13-4-2-1-3-5-13/h1-5,8-9,15,19H,6-7,10-12H2/t15-/m0/s1. The van der Waals surface area contributed by atoms with Gasteiger partial charge in [-0.1, -0.05) is 30.3 Å². The van der Waals surface area contributed by atoms with Crippen LogP contribution in [0.25, 0.3) is 0 Å². The molecule has 1 aliphatic rings. The Hall–Kier alpha value is -1.71. The molecule has 3 nitrogen and oxygen atoms in total. The SMILES string of the molecule is OCc1nccc2c1CC[C@H](OCc1ccccc1)C2. The van der Waals surface area contributed by atoms with E-state index in [4.69, 9.17) is 4.74 Å². The lowest BCUT2D eigenvalue weighted by Gasteiger charge is -2.26. The number of aliphatic hydroxyl groups is 1. The van der Waals surface area contributed by atoms with E-state index in [0.29, 0.717) is 6.61 Å². The summed E-state index contributed by atoms with van der Waals surface area (Å²) in [6.07, 6.45) is 4.90. The first-order valence-electron chi connectivity index (χ1n) is 7.09. The van der Waals surface area contributed by atoms with Gasteiger partial charge in [-0.3, -0.25) is 4.98 Å². The molecule has 3 rings (SSSR count). The van der Waals surface area contributed by atoms with Crippen LogP contribution in [-0.2, 0) is 30.8 Å². The Balaban J connectivity index is 1.64. The highest BCUT2D eigenvalue weighted by Gasteiger charge is 2.21. The molecule has 1 aromatic heterocycles. The summed E-state index contributed by atoms with van der Waals surface area (Å²) in [6.45, 7) is 0.692. The number of nitrogens with zero attached hydrogens (tertiary/aromatic N) is 1. The first-order chi connectivity index (χ1) is 9.86. The highest BCUT2D eigenvalue weighted by atomic mass is 16.5. The van der Waals surface area contributed by atoms with Gasteiger partial charge in [0.1, 0.15) is 0 Å². The van der Waals surface area contributed by atoms with Crippen molar-refractivity contribution in [3.05, 3.63) is 65.0 Å². The summed E-state index contributed by atoms with van der Waals surface area (Å²) < 4.78 is 6.02. The smallest absolute Gasteiger partial charge is 0.0855 e. The molecular formula is C17H19NO2. The van der Waals surface area contributed by atoms with Crippen LogP contribution < -0.4 is 0 Å². The first-order valence-corrected chi connectivity index (χ1v) is 7.09. The average Bonchev–Trinajstić information content (AvgIpc) is 2.53. The Morgan fingerprint density at radius 2 is 2.05 bits per heavy atom. The van der Waals surface area contributed by atoms with Gasteiger partial charge in [0, 0.05) is 6.20 Å². The van der Waals surface area contributed by atoms with Gasteiger partial charge in [0.2, 0.25) is 0 Å². The molecule has 1 aliphatic carbocycles. The van der Waals surface area contributed by atoms with E-state index in [9.17, 15) is 5.11 Å². The van der Waals surface area contributed by atoms with Crippen molar-refractivity contribution in [2.75, 3.05) is 0 Å². The molecule has 0 saturated heterocycles. The van der Waals surface area contributed by atoms with E-state index < -0.39 is 0 Å². The minimum atomic E-state index is 0.0265. The van der Waals surface area contributed by atoms with Crippen LogP contribution in [-0.4, -0.2) is 16.2 Å². The lowest BCUT2D eigenvalue weighted by atomic mass is 9.89. The summed E-state index contributed by atoms with van der Waals surface area (Å²) >= 11 is 0. The second-order valence-corrected chi connectivity index (χ2v) is 5.21. The zero-order valence-electron chi connectivity index (χ0n) is 11.5. The minimum Gasteiger partial charge on any atom is -0.390 e. The maximum Gasteiger partial charge on any atom is 0.0855 e. The van der Waals surface area contributed by atoms with Crippen LogP contribution >= 0.6 is 0 Å². The minimum absolute atomic E-state index is 0.0265. The van der Waals surface area contributed by atoms with Gasteiger partial charge in [0.25, 0.3) is 0 Å². The van der Waals surface area contributed by atoms with Crippen LogP contribution in [0.15, 0.2) is 42.6 Å². The van der Waals surface area contributed by atoms with Crippen LogP contribution in [0.5, 0.6) is 0 Å². The Labute approximate surface area is 119 Å². The molecule has 0 bridgehead atoms. The number of ether oxygens (including phenoxy) is 1.